The summed E-state index contributed by atoms with van der Waals surface area (Å²) in [6.07, 6.45) is 0.407. The van der Waals surface area contributed by atoms with Gasteiger partial charge in [-0.1, -0.05) is 55.8 Å². The van der Waals surface area contributed by atoms with E-state index in [1.807, 2.05) is 25.1 Å². The van der Waals surface area contributed by atoms with Gasteiger partial charge in [-0.3, -0.25) is 0 Å². The number of ether oxygens (including phenoxy) is 1. The van der Waals surface area contributed by atoms with Crippen molar-refractivity contribution < 1.29 is 9.53 Å². The molecule has 0 aliphatic carbocycles. The molecule has 0 saturated carbocycles. The van der Waals surface area contributed by atoms with Gasteiger partial charge in [0.1, 0.15) is 5.75 Å². The smallest absolute Gasteiger partial charge is 0.317 e. The Morgan fingerprint density at radius 2 is 1.80 bits per heavy atom. The summed E-state index contributed by atoms with van der Waals surface area (Å²) >= 11 is 0. The highest BCUT2D eigenvalue weighted by atomic mass is 16.5. The van der Waals surface area contributed by atoms with E-state index in [2.05, 4.69) is 61.7 Å². The molecule has 0 bridgehead atoms. The molecule has 0 fully saturated rings. The molecule has 2 aromatic carbocycles. The van der Waals surface area contributed by atoms with Crippen LogP contribution < -0.4 is 15.4 Å². The van der Waals surface area contributed by atoms with Gasteiger partial charge in [-0.25, -0.2) is 4.79 Å². The molecule has 2 rings (SSSR count). The van der Waals surface area contributed by atoms with E-state index in [1.165, 1.54) is 16.7 Å². The first-order valence-corrected chi connectivity index (χ1v) is 8.80. The fourth-order valence-corrected chi connectivity index (χ4v) is 2.59. The van der Waals surface area contributed by atoms with Crippen LogP contribution in [-0.2, 0) is 6.42 Å². The van der Waals surface area contributed by atoms with Crippen molar-refractivity contribution in [2.45, 2.75) is 46.3 Å². The monoisotopic (exact) mass is 340 g/mol. The van der Waals surface area contributed by atoms with E-state index in [4.69, 9.17) is 4.74 Å². The molecule has 2 amide bonds. The topological polar surface area (TPSA) is 50.4 Å². The van der Waals surface area contributed by atoms with Gasteiger partial charge in [0.05, 0.1) is 0 Å². The van der Waals surface area contributed by atoms with Crippen molar-refractivity contribution in [1.29, 1.82) is 0 Å². The van der Waals surface area contributed by atoms with E-state index in [1.54, 1.807) is 0 Å². The van der Waals surface area contributed by atoms with Crippen molar-refractivity contribution in [2.24, 2.45) is 0 Å². The van der Waals surface area contributed by atoms with E-state index in [0.717, 1.165) is 12.2 Å². The Balaban J connectivity index is 1.72. The molecule has 0 heterocycles. The summed E-state index contributed by atoms with van der Waals surface area (Å²) in [4.78, 5) is 11.9. The summed E-state index contributed by atoms with van der Waals surface area (Å²) in [5, 5.41) is 5.65. The molecule has 1 unspecified atom stereocenters. The van der Waals surface area contributed by atoms with E-state index < -0.39 is 6.23 Å². The Morgan fingerprint density at radius 1 is 1.08 bits per heavy atom. The Hall–Kier alpha value is -2.49. The number of carbonyl (C=O) groups excluding carboxylic acids is 1. The number of amides is 2. The molecule has 4 nitrogen and oxygen atoms in total. The molecule has 2 N–H and O–H groups in total. The number of carbonyl (C=O) groups is 1. The minimum Gasteiger partial charge on any atom is -0.471 e. The van der Waals surface area contributed by atoms with Gasteiger partial charge in [-0.2, -0.15) is 0 Å². The van der Waals surface area contributed by atoms with Gasteiger partial charge in [0.25, 0.3) is 0 Å². The molecule has 0 aromatic heterocycles. The molecule has 0 radical (unpaired) electrons. The van der Waals surface area contributed by atoms with E-state index in [0.29, 0.717) is 12.5 Å². The van der Waals surface area contributed by atoms with Crippen LogP contribution in [0.5, 0.6) is 5.75 Å². The normalized spacial score (nSPS) is 11.9. The SMILES string of the molecule is Cc1cccc(CCNC(=O)NC(C)Oc2ccc(C(C)C)cc2)c1. The first kappa shape index (κ1) is 18.8. The molecule has 0 spiro atoms. The van der Waals surface area contributed by atoms with Crippen molar-refractivity contribution >= 4 is 6.03 Å². The van der Waals surface area contributed by atoms with Crippen LogP contribution in [0.15, 0.2) is 48.5 Å². The van der Waals surface area contributed by atoms with Gasteiger partial charge in [-0.05, 0) is 49.4 Å². The molecule has 25 heavy (non-hydrogen) atoms. The van der Waals surface area contributed by atoms with Crippen LogP contribution in [0.3, 0.4) is 0 Å². The van der Waals surface area contributed by atoms with Gasteiger partial charge in [0.2, 0.25) is 0 Å². The van der Waals surface area contributed by atoms with Crippen LogP contribution in [0.1, 0.15) is 43.4 Å². The third-order valence-electron chi connectivity index (χ3n) is 3.98. The maximum Gasteiger partial charge on any atom is 0.317 e. The van der Waals surface area contributed by atoms with Gasteiger partial charge in [0.15, 0.2) is 6.23 Å². The molecule has 1 atom stereocenters. The summed E-state index contributed by atoms with van der Waals surface area (Å²) < 4.78 is 5.73. The minimum atomic E-state index is -0.399. The van der Waals surface area contributed by atoms with Gasteiger partial charge in [0, 0.05) is 6.54 Å². The van der Waals surface area contributed by atoms with E-state index >= 15 is 0 Å². The van der Waals surface area contributed by atoms with Crippen LogP contribution in [0.25, 0.3) is 0 Å². The second kappa shape index (κ2) is 9.11. The zero-order valence-corrected chi connectivity index (χ0v) is 15.5. The number of aryl methyl sites for hydroxylation is 1. The number of hydrogen-bond acceptors (Lipinski definition) is 2. The molecule has 0 aliphatic rings. The summed E-state index contributed by atoms with van der Waals surface area (Å²) in [5.74, 6) is 1.24. The number of rotatable bonds is 7. The lowest BCUT2D eigenvalue weighted by atomic mass is 10.0. The lowest BCUT2D eigenvalue weighted by molar-refractivity contribution is 0.177. The van der Waals surface area contributed by atoms with Crippen LogP contribution in [0, 0.1) is 6.92 Å². The number of nitrogens with one attached hydrogen (secondary N) is 2. The van der Waals surface area contributed by atoms with Crippen molar-refractivity contribution in [3.8, 4) is 5.75 Å². The average molecular weight is 340 g/mol. The summed E-state index contributed by atoms with van der Waals surface area (Å²) in [6, 6.07) is 16.0. The van der Waals surface area contributed by atoms with E-state index in [9.17, 15) is 4.79 Å². The second-order valence-electron chi connectivity index (χ2n) is 6.62. The average Bonchev–Trinajstić information content (AvgIpc) is 2.55. The standard InChI is InChI=1S/C21H28N2O2/c1-15(2)19-8-10-20(11-9-19)25-17(4)23-21(24)22-13-12-18-7-5-6-16(3)14-18/h5-11,14-15,17H,12-13H2,1-4H3,(H2,22,23,24). The molecule has 4 heteroatoms. The Kier molecular flexibility index (Phi) is 6.87. The minimum absolute atomic E-state index is 0.223. The Morgan fingerprint density at radius 3 is 2.44 bits per heavy atom. The number of benzene rings is 2. The molecule has 0 aliphatic heterocycles. The lowest BCUT2D eigenvalue weighted by Gasteiger charge is -2.17. The maximum atomic E-state index is 11.9. The fourth-order valence-electron chi connectivity index (χ4n) is 2.59. The van der Waals surface area contributed by atoms with Gasteiger partial charge >= 0.3 is 6.03 Å². The third kappa shape index (κ3) is 6.49. The highest BCUT2D eigenvalue weighted by molar-refractivity contribution is 5.74. The Labute approximate surface area is 150 Å². The zero-order valence-electron chi connectivity index (χ0n) is 15.5. The summed E-state index contributed by atoms with van der Waals surface area (Å²) in [6.45, 7) is 8.78. The largest absolute Gasteiger partial charge is 0.471 e. The summed E-state index contributed by atoms with van der Waals surface area (Å²) in [5.41, 5.74) is 3.71. The van der Waals surface area contributed by atoms with Crippen molar-refractivity contribution in [2.75, 3.05) is 6.54 Å². The van der Waals surface area contributed by atoms with E-state index in [-0.39, 0.29) is 6.03 Å². The number of hydrogen-bond donors (Lipinski definition) is 2. The number of urea groups is 1. The van der Waals surface area contributed by atoms with Crippen molar-refractivity contribution in [3.05, 3.63) is 65.2 Å². The van der Waals surface area contributed by atoms with Crippen LogP contribution in [-0.4, -0.2) is 18.8 Å². The van der Waals surface area contributed by atoms with Crippen molar-refractivity contribution in [1.82, 2.24) is 10.6 Å². The van der Waals surface area contributed by atoms with Crippen LogP contribution in [0.4, 0.5) is 4.79 Å². The Bertz CT molecular complexity index is 681. The highest BCUT2D eigenvalue weighted by Crippen LogP contribution is 2.19. The predicted octanol–water partition coefficient (Wildman–Crippen LogP) is 4.39. The zero-order chi connectivity index (χ0) is 18.2. The van der Waals surface area contributed by atoms with Crippen LogP contribution in [0.2, 0.25) is 0 Å². The second-order valence-corrected chi connectivity index (χ2v) is 6.62. The van der Waals surface area contributed by atoms with Gasteiger partial charge < -0.3 is 15.4 Å². The summed E-state index contributed by atoms with van der Waals surface area (Å²) in [7, 11) is 0. The predicted molar refractivity (Wildman–Crippen MR) is 102 cm³/mol. The molecule has 2 aromatic rings. The lowest BCUT2D eigenvalue weighted by Crippen LogP contribution is -2.43. The highest BCUT2D eigenvalue weighted by Gasteiger charge is 2.08. The van der Waals surface area contributed by atoms with Crippen LogP contribution >= 0.6 is 0 Å². The molecule has 134 valence electrons. The van der Waals surface area contributed by atoms with Gasteiger partial charge in [-0.15, -0.1) is 0 Å². The molecule has 0 saturated heterocycles. The molecular formula is C21H28N2O2. The first-order chi connectivity index (χ1) is 11.9. The third-order valence-corrected chi connectivity index (χ3v) is 3.98. The maximum absolute atomic E-state index is 11.9. The first-order valence-electron chi connectivity index (χ1n) is 8.80. The quantitative estimate of drug-likeness (QED) is 0.735. The van der Waals surface area contributed by atoms with Crippen molar-refractivity contribution in [3.63, 3.8) is 0 Å². The fraction of sp³-hybridized carbons (Fsp3) is 0.381. The molecular weight excluding hydrogens is 312 g/mol.